The fourth-order valence-corrected chi connectivity index (χ4v) is 5.23. The zero-order valence-corrected chi connectivity index (χ0v) is 19.3. The van der Waals surface area contributed by atoms with Crippen molar-refractivity contribution in [2.75, 3.05) is 19.1 Å². The second kappa shape index (κ2) is 8.14. The van der Waals surface area contributed by atoms with E-state index in [0.717, 1.165) is 36.6 Å². The fraction of sp³-hybridized carbons (Fsp3) is 0.385. The summed E-state index contributed by atoms with van der Waals surface area (Å²) in [4.78, 5) is 29.3. The van der Waals surface area contributed by atoms with E-state index in [1.54, 1.807) is 37.3 Å². The van der Waals surface area contributed by atoms with Crippen molar-refractivity contribution in [2.24, 2.45) is 0 Å². The summed E-state index contributed by atoms with van der Waals surface area (Å²) in [6.07, 6.45) is 4.19. The van der Waals surface area contributed by atoms with Crippen LogP contribution in [0, 0.1) is 0 Å². The number of rotatable bonds is 5. The van der Waals surface area contributed by atoms with Crippen molar-refractivity contribution in [1.82, 2.24) is 9.88 Å². The van der Waals surface area contributed by atoms with Crippen LogP contribution in [0.2, 0.25) is 0 Å². The molecule has 7 heteroatoms. The molecule has 1 aliphatic heterocycles. The number of amides is 2. The molecular formula is C26H29N3O4. The summed E-state index contributed by atoms with van der Waals surface area (Å²) < 4.78 is 12.8. The maximum atomic E-state index is 14.0. The minimum Gasteiger partial charge on any atom is -0.493 e. The first-order valence-electron chi connectivity index (χ1n) is 11.4. The van der Waals surface area contributed by atoms with Crippen molar-refractivity contribution in [3.63, 3.8) is 0 Å². The first-order valence-corrected chi connectivity index (χ1v) is 11.4. The van der Waals surface area contributed by atoms with Gasteiger partial charge in [-0.3, -0.25) is 14.5 Å². The molecule has 2 heterocycles. The number of anilines is 1. The monoisotopic (exact) mass is 447 g/mol. The molecule has 1 fully saturated rings. The molecule has 2 aromatic carbocycles. The van der Waals surface area contributed by atoms with Crippen molar-refractivity contribution in [2.45, 2.75) is 50.7 Å². The molecule has 3 aromatic rings. The van der Waals surface area contributed by atoms with Gasteiger partial charge in [0.1, 0.15) is 11.2 Å². The van der Waals surface area contributed by atoms with Gasteiger partial charge in [-0.2, -0.15) is 0 Å². The molecule has 33 heavy (non-hydrogen) atoms. The maximum Gasteiger partial charge on any atom is 0.275 e. The molecule has 0 unspecified atom stereocenters. The van der Waals surface area contributed by atoms with Crippen LogP contribution in [0.4, 0.5) is 5.69 Å². The number of methoxy groups -OCH3 is 2. The highest BCUT2D eigenvalue weighted by molar-refractivity contribution is 6.14. The zero-order valence-electron chi connectivity index (χ0n) is 19.3. The van der Waals surface area contributed by atoms with Gasteiger partial charge in [0.05, 0.1) is 20.8 Å². The molecule has 1 aliphatic carbocycles. The largest absolute Gasteiger partial charge is 0.493 e. The van der Waals surface area contributed by atoms with Crippen LogP contribution in [-0.4, -0.2) is 42.2 Å². The molecule has 2 aliphatic rings. The summed E-state index contributed by atoms with van der Waals surface area (Å²) in [5.41, 5.74) is 0.997. The average molecular weight is 448 g/mol. The van der Waals surface area contributed by atoms with Gasteiger partial charge in [-0.25, -0.2) is 0 Å². The van der Waals surface area contributed by atoms with Crippen molar-refractivity contribution >= 4 is 28.4 Å². The highest BCUT2D eigenvalue weighted by Gasteiger charge is 2.49. The number of ether oxygens (including phenoxy) is 2. The Balaban J connectivity index is 1.65. The standard InChI is InChI=1S/C26H29N3O4/c1-26(25(31)27-18-9-5-6-10-18)16-28-20-11-7-4-8-17(20)14-21(28)24(30)29(26)19-12-13-22(32-2)23(15-19)33-3/h4,7-8,11-15,18H,5-6,9-10,16H2,1-3H3,(H,27,31)/t26-/m1/s1. The molecule has 172 valence electrons. The van der Waals surface area contributed by atoms with Crippen molar-refractivity contribution in [3.05, 3.63) is 54.2 Å². The summed E-state index contributed by atoms with van der Waals surface area (Å²) in [6.45, 7) is 2.21. The molecule has 1 N–H and O–H groups in total. The van der Waals surface area contributed by atoms with E-state index in [4.69, 9.17) is 9.47 Å². The number of aromatic nitrogens is 1. The fourth-order valence-electron chi connectivity index (χ4n) is 5.23. The summed E-state index contributed by atoms with van der Waals surface area (Å²) in [6, 6.07) is 15.3. The third-order valence-corrected chi connectivity index (χ3v) is 7.00. The molecule has 1 saturated carbocycles. The number of hydrogen-bond donors (Lipinski definition) is 1. The Bertz CT molecular complexity index is 1230. The van der Waals surface area contributed by atoms with Gasteiger partial charge < -0.3 is 19.4 Å². The first-order chi connectivity index (χ1) is 16.0. The highest BCUT2D eigenvalue weighted by Crippen LogP contribution is 2.39. The van der Waals surface area contributed by atoms with Gasteiger partial charge in [-0.1, -0.05) is 31.0 Å². The number of nitrogens with zero attached hydrogens (tertiary/aromatic N) is 2. The molecule has 5 rings (SSSR count). The topological polar surface area (TPSA) is 72.8 Å². The van der Waals surface area contributed by atoms with Crippen molar-refractivity contribution in [1.29, 1.82) is 0 Å². The molecule has 0 spiro atoms. The normalized spacial score (nSPS) is 20.7. The lowest BCUT2D eigenvalue weighted by Gasteiger charge is -2.44. The third kappa shape index (κ3) is 3.43. The summed E-state index contributed by atoms with van der Waals surface area (Å²) in [7, 11) is 3.13. The Morgan fingerprint density at radius 1 is 1.03 bits per heavy atom. The second-order valence-electron chi connectivity index (χ2n) is 9.08. The van der Waals surface area contributed by atoms with E-state index < -0.39 is 5.54 Å². The average Bonchev–Trinajstić information content (AvgIpc) is 3.47. The smallest absolute Gasteiger partial charge is 0.275 e. The van der Waals surface area contributed by atoms with Crippen molar-refractivity contribution in [3.8, 4) is 11.5 Å². The van der Waals surface area contributed by atoms with E-state index in [0.29, 0.717) is 29.4 Å². The number of hydrogen-bond acceptors (Lipinski definition) is 4. The van der Waals surface area contributed by atoms with E-state index in [2.05, 4.69) is 5.32 Å². The molecule has 1 atom stereocenters. The van der Waals surface area contributed by atoms with Crippen LogP contribution in [0.15, 0.2) is 48.5 Å². The van der Waals surface area contributed by atoms with Gasteiger partial charge >= 0.3 is 0 Å². The lowest BCUT2D eigenvalue weighted by Crippen LogP contribution is -2.65. The van der Waals surface area contributed by atoms with E-state index >= 15 is 0 Å². The van der Waals surface area contributed by atoms with Gasteiger partial charge in [-0.05, 0) is 44.0 Å². The lowest BCUT2D eigenvalue weighted by atomic mass is 9.93. The second-order valence-corrected chi connectivity index (χ2v) is 9.08. The van der Waals surface area contributed by atoms with Gasteiger partial charge in [0.25, 0.3) is 5.91 Å². The van der Waals surface area contributed by atoms with Crippen molar-refractivity contribution < 1.29 is 19.1 Å². The van der Waals surface area contributed by atoms with Gasteiger partial charge in [0, 0.05) is 28.7 Å². The Kier molecular flexibility index (Phi) is 5.27. The number of benzene rings is 2. The number of carbonyl (C=O) groups is 2. The van der Waals surface area contributed by atoms with E-state index in [1.165, 1.54) is 0 Å². The van der Waals surface area contributed by atoms with Gasteiger partial charge in [0.15, 0.2) is 11.5 Å². The van der Waals surface area contributed by atoms with Crippen LogP contribution < -0.4 is 19.7 Å². The first kappa shape index (κ1) is 21.4. The Labute approximate surface area is 193 Å². The van der Waals surface area contributed by atoms with E-state index in [9.17, 15) is 9.59 Å². The molecule has 0 radical (unpaired) electrons. The number of fused-ring (bicyclic) bond motifs is 3. The van der Waals surface area contributed by atoms with E-state index in [-0.39, 0.29) is 17.9 Å². The van der Waals surface area contributed by atoms with Crippen LogP contribution >= 0.6 is 0 Å². The number of carbonyl (C=O) groups excluding carboxylic acids is 2. The highest BCUT2D eigenvalue weighted by atomic mass is 16.5. The minimum absolute atomic E-state index is 0.138. The van der Waals surface area contributed by atoms with Crippen LogP contribution in [0.1, 0.15) is 43.1 Å². The van der Waals surface area contributed by atoms with Gasteiger partial charge in [-0.15, -0.1) is 0 Å². The SMILES string of the molecule is COc1ccc(N2C(=O)c3cc4ccccc4n3C[C@]2(C)C(=O)NC2CCCC2)cc1OC. The van der Waals surface area contributed by atoms with Crippen LogP contribution in [0.25, 0.3) is 10.9 Å². The predicted molar refractivity (Wildman–Crippen MR) is 127 cm³/mol. The van der Waals surface area contributed by atoms with Crippen LogP contribution in [-0.2, 0) is 11.3 Å². The Morgan fingerprint density at radius 3 is 2.48 bits per heavy atom. The summed E-state index contributed by atoms with van der Waals surface area (Å²) >= 11 is 0. The lowest BCUT2D eigenvalue weighted by molar-refractivity contribution is -0.127. The molecule has 0 bridgehead atoms. The quantitative estimate of drug-likeness (QED) is 0.638. The number of para-hydroxylation sites is 1. The predicted octanol–water partition coefficient (Wildman–Crippen LogP) is 4.14. The Hall–Kier alpha value is -3.48. The number of nitrogens with one attached hydrogen (secondary N) is 1. The maximum absolute atomic E-state index is 14.0. The van der Waals surface area contributed by atoms with E-state index in [1.807, 2.05) is 41.8 Å². The van der Waals surface area contributed by atoms with Crippen LogP contribution in [0.3, 0.4) is 0 Å². The van der Waals surface area contributed by atoms with Crippen LogP contribution in [0.5, 0.6) is 11.5 Å². The molecular weight excluding hydrogens is 418 g/mol. The zero-order chi connectivity index (χ0) is 23.2. The summed E-state index contributed by atoms with van der Waals surface area (Å²) in [5.74, 6) is 0.721. The van der Waals surface area contributed by atoms with Gasteiger partial charge in [0.2, 0.25) is 5.91 Å². The molecule has 2 amide bonds. The molecule has 1 aromatic heterocycles. The summed E-state index contributed by atoms with van der Waals surface area (Å²) in [5, 5.41) is 4.21. The molecule has 7 nitrogen and oxygen atoms in total. The third-order valence-electron chi connectivity index (χ3n) is 7.00. The molecule has 0 saturated heterocycles. The minimum atomic E-state index is -1.12. The Morgan fingerprint density at radius 2 is 1.76 bits per heavy atom.